The second-order valence-corrected chi connectivity index (χ2v) is 4.01. The number of aromatic amines is 1. The van der Waals surface area contributed by atoms with Crippen LogP contribution < -0.4 is 11.1 Å². The molecular weight excluding hydrogens is 232 g/mol. The van der Waals surface area contributed by atoms with Gasteiger partial charge < -0.3 is 16.2 Å². The van der Waals surface area contributed by atoms with Crippen LogP contribution in [0.5, 0.6) is 5.75 Å². The Labute approximate surface area is 104 Å². The number of carbonyl (C=O) groups is 1. The van der Waals surface area contributed by atoms with Gasteiger partial charge in [-0.25, -0.2) is 0 Å². The number of H-pyrrole nitrogens is 1. The number of anilines is 2. The lowest BCUT2D eigenvalue weighted by Gasteiger charge is -2.08. The Kier molecular flexibility index (Phi) is 2.93. The Morgan fingerprint density at radius 2 is 2.17 bits per heavy atom. The molecule has 0 aliphatic rings. The van der Waals surface area contributed by atoms with Gasteiger partial charge in [0.05, 0.1) is 28.3 Å². The maximum atomic E-state index is 12.0. The van der Waals surface area contributed by atoms with Crippen molar-refractivity contribution in [2.45, 2.75) is 13.8 Å². The number of nitrogens with two attached hydrogens (primary N) is 1. The van der Waals surface area contributed by atoms with Crippen LogP contribution in [0, 0.1) is 13.8 Å². The van der Waals surface area contributed by atoms with Gasteiger partial charge in [-0.1, -0.05) is 6.07 Å². The topological polar surface area (TPSA) is 104 Å². The van der Waals surface area contributed by atoms with Crippen molar-refractivity contribution >= 4 is 17.3 Å². The normalized spacial score (nSPS) is 10.3. The third kappa shape index (κ3) is 2.00. The largest absolute Gasteiger partial charge is 0.505 e. The molecule has 94 valence electrons. The van der Waals surface area contributed by atoms with E-state index in [4.69, 9.17) is 5.73 Å². The summed E-state index contributed by atoms with van der Waals surface area (Å²) in [6.07, 6.45) is 0. The zero-order valence-electron chi connectivity index (χ0n) is 10.1. The molecular formula is C12H14N4O2. The number of benzene rings is 1. The van der Waals surface area contributed by atoms with Gasteiger partial charge in [0, 0.05) is 0 Å². The third-order valence-corrected chi connectivity index (χ3v) is 2.68. The minimum Gasteiger partial charge on any atom is -0.505 e. The molecule has 0 aliphatic carbocycles. The van der Waals surface area contributed by atoms with Gasteiger partial charge in [0.15, 0.2) is 5.75 Å². The van der Waals surface area contributed by atoms with Crippen LogP contribution >= 0.6 is 0 Å². The Morgan fingerprint density at radius 1 is 1.44 bits per heavy atom. The van der Waals surface area contributed by atoms with E-state index < -0.39 is 5.91 Å². The molecule has 2 aromatic rings. The molecule has 0 saturated heterocycles. The molecule has 6 nitrogen and oxygen atoms in total. The van der Waals surface area contributed by atoms with Gasteiger partial charge in [0.25, 0.3) is 5.91 Å². The highest BCUT2D eigenvalue weighted by atomic mass is 16.3. The average molecular weight is 246 g/mol. The Balaban J connectivity index is 2.31. The molecule has 0 bridgehead atoms. The van der Waals surface area contributed by atoms with Gasteiger partial charge in [-0.3, -0.25) is 9.89 Å². The molecule has 18 heavy (non-hydrogen) atoms. The quantitative estimate of drug-likeness (QED) is 0.477. The minimum absolute atomic E-state index is 0.134. The molecule has 5 N–H and O–H groups in total. The fourth-order valence-corrected chi connectivity index (χ4v) is 1.66. The second kappa shape index (κ2) is 4.40. The van der Waals surface area contributed by atoms with Gasteiger partial charge >= 0.3 is 0 Å². The highest BCUT2D eigenvalue weighted by Crippen LogP contribution is 2.26. The number of hydrogen-bond acceptors (Lipinski definition) is 4. The number of hydrogen-bond donors (Lipinski definition) is 4. The Hall–Kier alpha value is -2.50. The molecule has 1 amide bonds. The van der Waals surface area contributed by atoms with Crippen LogP contribution in [-0.2, 0) is 0 Å². The SMILES string of the molecule is Cc1n[nH]c(C)c1NC(=O)c1cccc(N)c1O. The summed E-state index contributed by atoms with van der Waals surface area (Å²) in [7, 11) is 0. The molecule has 0 radical (unpaired) electrons. The van der Waals surface area contributed by atoms with Gasteiger partial charge in [-0.15, -0.1) is 0 Å². The number of phenols is 1. The zero-order valence-corrected chi connectivity index (χ0v) is 10.1. The lowest BCUT2D eigenvalue weighted by atomic mass is 10.1. The van der Waals surface area contributed by atoms with Crippen molar-refractivity contribution in [1.82, 2.24) is 10.2 Å². The first-order valence-corrected chi connectivity index (χ1v) is 5.41. The minimum atomic E-state index is -0.424. The summed E-state index contributed by atoms with van der Waals surface area (Å²) >= 11 is 0. The molecule has 0 saturated carbocycles. The molecule has 2 rings (SSSR count). The number of nitrogens with one attached hydrogen (secondary N) is 2. The first-order valence-electron chi connectivity index (χ1n) is 5.41. The molecule has 1 heterocycles. The second-order valence-electron chi connectivity index (χ2n) is 4.01. The summed E-state index contributed by atoms with van der Waals surface area (Å²) in [5.41, 5.74) is 7.90. The van der Waals surface area contributed by atoms with E-state index in [1.807, 2.05) is 0 Å². The number of aromatic nitrogens is 2. The van der Waals surface area contributed by atoms with Crippen LogP contribution in [0.2, 0.25) is 0 Å². The van der Waals surface area contributed by atoms with E-state index in [1.54, 1.807) is 19.9 Å². The first kappa shape index (κ1) is 12.0. The van der Waals surface area contributed by atoms with E-state index >= 15 is 0 Å². The number of amides is 1. The maximum Gasteiger partial charge on any atom is 0.259 e. The van der Waals surface area contributed by atoms with Crippen LogP contribution in [0.15, 0.2) is 18.2 Å². The van der Waals surface area contributed by atoms with Crippen LogP contribution in [0.1, 0.15) is 21.7 Å². The third-order valence-electron chi connectivity index (χ3n) is 2.68. The number of nitrogen functional groups attached to an aromatic ring is 1. The van der Waals surface area contributed by atoms with E-state index in [1.165, 1.54) is 12.1 Å². The van der Waals surface area contributed by atoms with Crippen LogP contribution in [0.3, 0.4) is 0 Å². The van der Waals surface area contributed by atoms with Crippen molar-refractivity contribution in [1.29, 1.82) is 0 Å². The molecule has 1 aromatic heterocycles. The van der Waals surface area contributed by atoms with Crippen LogP contribution in [0.4, 0.5) is 11.4 Å². The van der Waals surface area contributed by atoms with Crippen molar-refractivity contribution in [3.63, 3.8) is 0 Å². The van der Waals surface area contributed by atoms with E-state index in [-0.39, 0.29) is 17.0 Å². The maximum absolute atomic E-state index is 12.0. The standard InChI is InChI=1S/C12H14N4O2/c1-6-10(7(2)16-15-6)14-12(18)8-4-3-5-9(13)11(8)17/h3-5,17H,13H2,1-2H3,(H,14,18)(H,15,16). The molecule has 6 heteroatoms. The number of para-hydroxylation sites is 1. The van der Waals surface area contributed by atoms with Crippen molar-refractivity contribution in [3.8, 4) is 5.75 Å². The summed E-state index contributed by atoms with van der Waals surface area (Å²) in [5.74, 6) is -0.638. The Morgan fingerprint density at radius 3 is 2.78 bits per heavy atom. The zero-order chi connectivity index (χ0) is 13.3. The van der Waals surface area contributed by atoms with Gasteiger partial charge in [0.1, 0.15) is 0 Å². The van der Waals surface area contributed by atoms with Crippen molar-refractivity contribution < 1.29 is 9.90 Å². The summed E-state index contributed by atoms with van der Waals surface area (Å²) in [5, 5.41) is 19.2. The Bertz CT molecular complexity index is 585. The highest BCUT2D eigenvalue weighted by molar-refractivity contribution is 6.07. The summed E-state index contributed by atoms with van der Waals surface area (Å²) < 4.78 is 0. The van der Waals surface area contributed by atoms with Crippen LogP contribution in [-0.4, -0.2) is 21.2 Å². The van der Waals surface area contributed by atoms with Crippen molar-refractivity contribution in [2.75, 3.05) is 11.1 Å². The van der Waals surface area contributed by atoms with Crippen LogP contribution in [0.25, 0.3) is 0 Å². The molecule has 1 aromatic carbocycles. The smallest absolute Gasteiger partial charge is 0.259 e. The fourth-order valence-electron chi connectivity index (χ4n) is 1.66. The van der Waals surface area contributed by atoms with E-state index in [9.17, 15) is 9.90 Å². The van der Waals surface area contributed by atoms with E-state index in [0.717, 1.165) is 5.69 Å². The summed E-state index contributed by atoms with van der Waals surface area (Å²) in [4.78, 5) is 12.0. The lowest BCUT2D eigenvalue weighted by Crippen LogP contribution is -2.13. The number of nitrogens with zero attached hydrogens (tertiary/aromatic N) is 1. The van der Waals surface area contributed by atoms with Crippen molar-refractivity contribution in [2.24, 2.45) is 0 Å². The van der Waals surface area contributed by atoms with Gasteiger partial charge in [-0.2, -0.15) is 5.10 Å². The number of rotatable bonds is 2. The van der Waals surface area contributed by atoms with Crippen molar-refractivity contribution in [3.05, 3.63) is 35.2 Å². The molecule has 0 spiro atoms. The summed E-state index contributed by atoms with van der Waals surface area (Å²) in [6, 6.07) is 4.64. The molecule has 0 aliphatic heterocycles. The summed E-state index contributed by atoms with van der Waals surface area (Å²) in [6.45, 7) is 3.58. The fraction of sp³-hybridized carbons (Fsp3) is 0.167. The van der Waals surface area contributed by atoms with E-state index in [0.29, 0.717) is 11.4 Å². The molecule has 0 fully saturated rings. The first-order chi connectivity index (χ1) is 8.50. The molecule has 0 atom stereocenters. The van der Waals surface area contributed by atoms with Gasteiger partial charge in [0.2, 0.25) is 0 Å². The highest BCUT2D eigenvalue weighted by Gasteiger charge is 2.16. The number of carbonyl (C=O) groups excluding carboxylic acids is 1. The number of aryl methyl sites for hydroxylation is 2. The molecule has 0 unspecified atom stereocenters. The average Bonchev–Trinajstić information content (AvgIpc) is 2.64. The number of aromatic hydroxyl groups is 1. The lowest BCUT2D eigenvalue weighted by molar-refractivity contribution is 0.102. The van der Waals surface area contributed by atoms with Gasteiger partial charge in [-0.05, 0) is 26.0 Å². The number of phenolic OH excluding ortho intramolecular Hbond substituents is 1. The van der Waals surface area contributed by atoms with E-state index in [2.05, 4.69) is 15.5 Å². The monoisotopic (exact) mass is 246 g/mol. The predicted octanol–water partition coefficient (Wildman–Crippen LogP) is 1.57. The predicted molar refractivity (Wildman–Crippen MR) is 68.5 cm³/mol.